The van der Waals surface area contributed by atoms with Gasteiger partial charge in [-0.05, 0) is 31.2 Å². The number of hydrogen-bond donors (Lipinski definition) is 1. The Morgan fingerprint density at radius 1 is 1.04 bits per heavy atom. The van der Waals surface area contributed by atoms with E-state index in [9.17, 15) is 4.79 Å². The largest absolute Gasteiger partial charge is 0.381 e. The molecule has 1 N–H and O–H groups in total. The predicted octanol–water partition coefficient (Wildman–Crippen LogP) is 2.91. The predicted molar refractivity (Wildman–Crippen MR) is 104 cm³/mol. The fraction of sp³-hybridized carbons (Fsp3) is 0.667. The SMILES string of the molecule is O=C(NCCCOCCc1ccccc1)N1CCN(C2CCCC2)CC1. The minimum atomic E-state index is 0.0837. The Morgan fingerprint density at radius 3 is 2.50 bits per heavy atom. The summed E-state index contributed by atoms with van der Waals surface area (Å²) >= 11 is 0. The number of benzene rings is 1. The topological polar surface area (TPSA) is 44.8 Å². The van der Waals surface area contributed by atoms with E-state index < -0.39 is 0 Å². The van der Waals surface area contributed by atoms with E-state index in [0.717, 1.165) is 51.7 Å². The summed E-state index contributed by atoms with van der Waals surface area (Å²) in [5, 5.41) is 3.03. The first-order chi connectivity index (χ1) is 12.8. The number of rotatable bonds is 8. The zero-order chi connectivity index (χ0) is 18.0. The van der Waals surface area contributed by atoms with Crippen molar-refractivity contribution in [2.75, 3.05) is 45.9 Å². The molecule has 1 aromatic carbocycles. The van der Waals surface area contributed by atoms with Gasteiger partial charge in [-0.2, -0.15) is 0 Å². The molecule has 2 amide bonds. The second kappa shape index (κ2) is 10.5. The highest BCUT2D eigenvalue weighted by Gasteiger charge is 2.27. The van der Waals surface area contributed by atoms with Gasteiger partial charge in [-0.3, -0.25) is 4.90 Å². The van der Waals surface area contributed by atoms with Crippen molar-refractivity contribution >= 4 is 6.03 Å². The Morgan fingerprint density at radius 2 is 1.77 bits per heavy atom. The highest BCUT2D eigenvalue weighted by molar-refractivity contribution is 5.74. The van der Waals surface area contributed by atoms with Crippen LogP contribution in [0.25, 0.3) is 0 Å². The van der Waals surface area contributed by atoms with E-state index in [4.69, 9.17) is 4.74 Å². The lowest BCUT2D eigenvalue weighted by Crippen LogP contribution is -2.53. The number of nitrogens with one attached hydrogen (secondary N) is 1. The van der Waals surface area contributed by atoms with Gasteiger partial charge in [-0.15, -0.1) is 0 Å². The van der Waals surface area contributed by atoms with Crippen molar-refractivity contribution in [3.63, 3.8) is 0 Å². The van der Waals surface area contributed by atoms with Crippen LogP contribution in [0.3, 0.4) is 0 Å². The number of amides is 2. The molecule has 0 unspecified atom stereocenters. The van der Waals surface area contributed by atoms with Gasteiger partial charge in [-0.1, -0.05) is 43.2 Å². The molecule has 0 aromatic heterocycles. The molecule has 0 bridgehead atoms. The Bertz CT molecular complexity index is 523. The summed E-state index contributed by atoms with van der Waals surface area (Å²) in [7, 11) is 0. The van der Waals surface area contributed by atoms with Crippen LogP contribution in [0.1, 0.15) is 37.7 Å². The van der Waals surface area contributed by atoms with Crippen LogP contribution in [0.5, 0.6) is 0 Å². The maximum atomic E-state index is 12.3. The number of hydrogen-bond acceptors (Lipinski definition) is 3. The van der Waals surface area contributed by atoms with Gasteiger partial charge in [0.1, 0.15) is 0 Å². The summed E-state index contributed by atoms with van der Waals surface area (Å²) in [6.45, 7) is 5.89. The lowest BCUT2D eigenvalue weighted by molar-refractivity contribution is 0.108. The number of carbonyl (C=O) groups excluding carboxylic acids is 1. The van der Waals surface area contributed by atoms with Crippen LogP contribution in [0.2, 0.25) is 0 Å². The molecule has 3 rings (SSSR count). The van der Waals surface area contributed by atoms with Gasteiger partial charge in [0, 0.05) is 45.4 Å². The molecule has 1 heterocycles. The molecule has 0 spiro atoms. The Balaban J connectivity index is 1.20. The lowest BCUT2D eigenvalue weighted by Gasteiger charge is -2.38. The van der Waals surface area contributed by atoms with Crippen LogP contribution in [-0.4, -0.2) is 67.8 Å². The second-order valence-electron chi connectivity index (χ2n) is 7.39. The maximum absolute atomic E-state index is 12.3. The number of piperazine rings is 1. The molecule has 1 saturated carbocycles. The van der Waals surface area contributed by atoms with E-state index in [-0.39, 0.29) is 6.03 Å². The summed E-state index contributed by atoms with van der Waals surface area (Å²) in [4.78, 5) is 16.8. The van der Waals surface area contributed by atoms with Gasteiger partial charge in [0.15, 0.2) is 0 Å². The van der Waals surface area contributed by atoms with Crippen LogP contribution in [0, 0.1) is 0 Å². The van der Waals surface area contributed by atoms with Crippen molar-refractivity contribution in [3.05, 3.63) is 35.9 Å². The van der Waals surface area contributed by atoms with E-state index >= 15 is 0 Å². The van der Waals surface area contributed by atoms with Gasteiger partial charge in [-0.25, -0.2) is 4.79 Å². The summed E-state index contributed by atoms with van der Waals surface area (Å²) in [6.07, 6.45) is 7.24. The average molecular weight is 360 g/mol. The summed E-state index contributed by atoms with van der Waals surface area (Å²) < 4.78 is 5.66. The molecule has 2 aliphatic rings. The first-order valence-corrected chi connectivity index (χ1v) is 10.2. The van der Waals surface area contributed by atoms with Crippen molar-refractivity contribution in [1.29, 1.82) is 0 Å². The fourth-order valence-electron chi connectivity index (χ4n) is 3.98. The van der Waals surface area contributed by atoms with E-state index in [0.29, 0.717) is 13.2 Å². The van der Waals surface area contributed by atoms with Crippen LogP contribution >= 0.6 is 0 Å². The Kier molecular flexibility index (Phi) is 7.77. The zero-order valence-corrected chi connectivity index (χ0v) is 15.9. The number of nitrogens with zero attached hydrogens (tertiary/aromatic N) is 2. The molecule has 144 valence electrons. The minimum absolute atomic E-state index is 0.0837. The smallest absolute Gasteiger partial charge is 0.317 e. The van der Waals surface area contributed by atoms with E-state index in [1.807, 2.05) is 11.0 Å². The third kappa shape index (κ3) is 5.99. The first kappa shape index (κ1) is 19.2. The van der Waals surface area contributed by atoms with Crippen LogP contribution in [-0.2, 0) is 11.2 Å². The summed E-state index contributed by atoms with van der Waals surface area (Å²) in [5.74, 6) is 0. The maximum Gasteiger partial charge on any atom is 0.317 e. The van der Waals surface area contributed by atoms with Crippen molar-refractivity contribution < 1.29 is 9.53 Å². The Hall–Kier alpha value is -1.59. The minimum Gasteiger partial charge on any atom is -0.381 e. The van der Waals surface area contributed by atoms with Gasteiger partial charge in [0.05, 0.1) is 6.61 Å². The van der Waals surface area contributed by atoms with Crippen LogP contribution < -0.4 is 5.32 Å². The zero-order valence-electron chi connectivity index (χ0n) is 15.9. The van der Waals surface area contributed by atoms with Gasteiger partial charge < -0.3 is 15.0 Å². The molecular formula is C21H33N3O2. The molecule has 26 heavy (non-hydrogen) atoms. The first-order valence-electron chi connectivity index (χ1n) is 10.2. The summed E-state index contributed by atoms with van der Waals surface area (Å²) in [6, 6.07) is 11.2. The van der Waals surface area contributed by atoms with E-state index in [1.54, 1.807) is 0 Å². The van der Waals surface area contributed by atoms with Gasteiger partial charge in [0.2, 0.25) is 0 Å². The molecule has 5 nitrogen and oxygen atoms in total. The number of carbonyl (C=O) groups is 1. The third-order valence-electron chi connectivity index (χ3n) is 5.56. The van der Waals surface area contributed by atoms with Crippen molar-refractivity contribution in [2.24, 2.45) is 0 Å². The molecule has 0 atom stereocenters. The molecule has 1 aliphatic heterocycles. The van der Waals surface area contributed by atoms with Crippen LogP contribution in [0.4, 0.5) is 4.79 Å². The van der Waals surface area contributed by atoms with Crippen molar-refractivity contribution in [1.82, 2.24) is 15.1 Å². The van der Waals surface area contributed by atoms with Crippen molar-refractivity contribution in [2.45, 2.75) is 44.6 Å². The van der Waals surface area contributed by atoms with Gasteiger partial charge >= 0.3 is 6.03 Å². The van der Waals surface area contributed by atoms with E-state index in [1.165, 1.54) is 31.2 Å². The molecule has 0 radical (unpaired) electrons. The lowest BCUT2D eigenvalue weighted by atomic mass is 10.2. The number of urea groups is 1. The molecule has 2 fully saturated rings. The summed E-state index contributed by atoms with van der Waals surface area (Å²) in [5.41, 5.74) is 1.30. The molecule has 1 saturated heterocycles. The molecule has 1 aliphatic carbocycles. The quantitative estimate of drug-likeness (QED) is 0.726. The van der Waals surface area contributed by atoms with Gasteiger partial charge in [0.25, 0.3) is 0 Å². The highest BCUT2D eigenvalue weighted by Crippen LogP contribution is 2.24. The number of ether oxygens (including phenoxy) is 1. The highest BCUT2D eigenvalue weighted by atomic mass is 16.5. The normalized spacial score (nSPS) is 19.0. The molecule has 5 heteroatoms. The monoisotopic (exact) mass is 359 g/mol. The third-order valence-corrected chi connectivity index (χ3v) is 5.56. The van der Waals surface area contributed by atoms with Crippen LogP contribution in [0.15, 0.2) is 30.3 Å². The van der Waals surface area contributed by atoms with E-state index in [2.05, 4.69) is 34.5 Å². The molecular weight excluding hydrogens is 326 g/mol. The second-order valence-corrected chi connectivity index (χ2v) is 7.39. The Labute approximate surface area is 157 Å². The van der Waals surface area contributed by atoms with Crippen molar-refractivity contribution in [3.8, 4) is 0 Å². The molecule has 1 aromatic rings. The fourth-order valence-corrected chi connectivity index (χ4v) is 3.98. The average Bonchev–Trinajstić information content (AvgIpc) is 3.23. The standard InChI is InChI=1S/C21H33N3O2/c25-21(24-15-13-23(14-16-24)20-9-4-5-10-20)22-12-6-17-26-18-11-19-7-2-1-3-8-19/h1-3,7-8,20H,4-6,9-18H2,(H,22,25).